The molecule has 3 heterocycles. The van der Waals surface area contributed by atoms with E-state index in [1.807, 2.05) is 37.3 Å². The Morgan fingerprint density at radius 1 is 0.935 bits per heavy atom. The smallest absolute Gasteiger partial charge is 0.227 e. The molecule has 8 nitrogen and oxygen atoms in total. The first-order valence-electron chi connectivity index (χ1n) is 10.3. The van der Waals surface area contributed by atoms with Gasteiger partial charge in [0.25, 0.3) is 0 Å². The quantitative estimate of drug-likeness (QED) is 0.535. The summed E-state index contributed by atoms with van der Waals surface area (Å²) in [5.74, 6) is 1.40. The van der Waals surface area contributed by atoms with Gasteiger partial charge in [0.2, 0.25) is 5.95 Å². The van der Waals surface area contributed by atoms with Crippen LogP contribution in [0, 0.1) is 6.92 Å². The van der Waals surface area contributed by atoms with Gasteiger partial charge < -0.3 is 15.0 Å². The van der Waals surface area contributed by atoms with Crippen molar-refractivity contribution in [3.8, 4) is 16.9 Å². The molecule has 0 unspecified atom stereocenters. The summed E-state index contributed by atoms with van der Waals surface area (Å²) in [6, 6.07) is 18.3. The second kappa shape index (κ2) is 8.53. The number of aryl methyl sites for hydroxylation is 1. The highest BCUT2D eigenvalue weighted by Crippen LogP contribution is 2.25. The molecule has 1 fully saturated rings. The first-order chi connectivity index (χ1) is 15.3. The van der Waals surface area contributed by atoms with Gasteiger partial charge in [0.15, 0.2) is 0 Å². The topological polar surface area (TPSA) is 81.0 Å². The van der Waals surface area contributed by atoms with Crippen molar-refractivity contribution in [2.24, 2.45) is 0 Å². The average molecular weight is 413 g/mol. The predicted octanol–water partition coefficient (Wildman–Crippen LogP) is 3.61. The van der Waals surface area contributed by atoms with Crippen LogP contribution in [0.1, 0.15) is 5.82 Å². The fraction of sp³-hybridized carbons (Fsp3) is 0.217. The van der Waals surface area contributed by atoms with Gasteiger partial charge in [-0.1, -0.05) is 12.1 Å². The lowest BCUT2D eigenvalue weighted by molar-refractivity contribution is 0.122. The number of rotatable bonds is 5. The zero-order chi connectivity index (χ0) is 21.0. The van der Waals surface area contributed by atoms with E-state index in [0.717, 1.165) is 54.8 Å². The van der Waals surface area contributed by atoms with Crippen molar-refractivity contribution in [3.05, 3.63) is 72.9 Å². The van der Waals surface area contributed by atoms with Gasteiger partial charge in [-0.2, -0.15) is 5.10 Å². The highest BCUT2D eigenvalue weighted by Gasteiger charge is 2.12. The number of nitrogens with one attached hydrogen (secondary N) is 1. The lowest BCUT2D eigenvalue weighted by Crippen LogP contribution is -2.36. The fourth-order valence-corrected chi connectivity index (χ4v) is 3.63. The van der Waals surface area contributed by atoms with Gasteiger partial charge in [-0.3, -0.25) is 0 Å². The summed E-state index contributed by atoms with van der Waals surface area (Å²) in [5.41, 5.74) is 4.98. The molecule has 2 aromatic carbocycles. The third kappa shape index (κ3) is 4.24. The molecule has 1 N–H and O–H groups in total. The third-order valence-corrected chi connectivity index (χ3v) is 5.26. The Morgan fingerprint density at radius 2 is 1.77 bits per heavy atom. The van der Waals surface area contributed by atoms with Crippen molar-refractivity contribution < 1.29 is 4.74 Å². The number of morpholine rings is 1. The minimum absolute atomic E-state index is 0.555. The second-order valence-electron chi connectivity index (χ2n) is 7.31. The van der Waals surface area contributed by atoms with Crippen LogP contribution in [0.25, 0.3) is 16.9 Å². The number of hydrogen-bond donors (Lipinski definition) is 1. The van der Waals surface area contributed by atoms with E-state index < -0.39 is 0 Å². The van der Waals surface area contributed by atoms with Crippen LogP contribution >= 0.6 is 0 Å². The molecule has 1 saturated heterocycles. The summed E-state index contributed by atoms with van der Waals surface area (Å²) >= 11 is 0. The van der Waals surface area contributed by atoms with Crippen molar-refractivity contribution in [1.29, 1.82) is 0 Å². The highest BCUT2D eigenvalue weighted by molar-refractivity contribution is 5.67. The van der Waals surface area contributed by atoms with E-state index in [2.05, 4.69) is 49.5 Å². The molecule has 0 saturated carbocycles. The molecule has 31 heavy (non-hydrogen) atoms. The Labute approximate surface area is 180 Å². The zero-order valence-corrected chi connectivity index (χ0v) is 17.3. The Kier molecular flexibility index (Phi) is 5.28. The van der Waals surface area contributed by atoms with Gasteiger partial charge in [0, 0.05) is 36.2 Å². The molecule has 5 rings (SSSR count). The standard InChI is InChI=1S/C23H23N7O/c1-17-25-16-26-30(17)20-7-5-19(6-8-20)27-23-24-10-9-22(28-23)18-3-2-4-21(15-18)29-11-13-31-14-12-29/h2-10,15-16H,11-14H2,1H3,(H,24,27,28). The SMILES string of the molecule is Cc1ncnn1-c1ccc(Nc2nccc(-c3cccc(N4CCOCC4)c3)n2)cc1. The summed E-state index contributed by atoms with van der Waals surface area (Å²) in [6.07, 6.45) is 3.33. The van der Waals surface area contributed by atoms with E-state index in [1.165, 1.54) is 5.69 Å². The average Bonchev–Trinajstić information content (AvgIpc) is 3.26. The van der Waals surface area contributed by atoms with E-state index in [4.69, 9.17) is 9.72 Å². The molecular weight excluding hydrogens is 390 g/mol. The summed E-state index contributed by atoms with van der Waals surface area (Å²) < 4.78 is 7.26. The number of nitrogens with zero attached hydrogens (tertiary/aromatic N) is 6. The van der Waals surface area contributed by atoms with Crippen molar-refractivity contribution >= 4 is 17.3 Å². The molecule has 1 aliphatic heterocycles. The summed E-state index contributed by atoms with van der Waals surface area (Å²) in [6.45, 7) is 5.27. The molecule has 2 aromatic heterocycles. The molecule has 1 aliphatic rings. The second-order valence-corrected chi connectivity index (χ2v) is 7.31. The number of aromatic nitrogens is 5. The zero-order valence-electron chi connectivity index (χ0n) is 17.3. The van der Waals surface area contributed by atoms with Gasteiger partial charge >= 0.3 is 0 Å². The van der Waals surface area contributed by atoms with Crippen LogP contribution < -0.4 is 10.2 Å². The normalized spacial score (nSPS) is 13.9. The van der Waals surface area contributed by atoms with E-state index in [1.54, 1.807) is 17.2 Å². The molecule has 0 bridgehead atoms. The van der Waals surface area contributed by atoms with Crippen molar-refractivity contribution in [2.75, 3.05) is 36.5 Å². The van der Waals surface area contributed by atoms with Crippen LogP contribution in [0.4, 0.5) is 17.3 Å². The number of anilines is 3. The molecule has 0 radical (unpaired) electrons. The third-order valence-electron chi connectivity index (χ3n) is 5.26. The monoisotopic (exact) mass is 413 g/mol. The largest absolute Gasteiger partial charge is 0.378 e. The summed E-state index contributed by atoms with van der Waals surface area (Å²) in [4.78, 5) is 15.6. The van der Waals surface area contributed by atoms with Crippen LogP contribution in [0.3, 0.4) is 0 Å². The molecule has 0 spiro atoms. The van der Waals surface area contributed by atoms with Crippen molar-refractivity contribution in [3.63, 3.8) is 0 Å². The molecule has 8 heteroatoms. The first-order valence-corrected chi connectivity index (χ1v) is 10.3. The van der Waals surface area contributed by atoms with E-state index in [9.17, 15) is 0 Å². The Morgan fingerprint density at radius 3 is 2.55 bits per heavy atom. The maximum Gasteiger partial charge on any atom is 0.227 e. The van der Waals surface area contributed by atoms with Gasteiger partial charge in [0.05, 0.1) is 24.6 Å². The van der Waals surface area contributed by atoms with Gasteiger partial charge in [-0.05, 0) is 49.4 Å². The summed E-state index contributed by atoms with van der Waals surface area (Å²) in [5, 5.41) is 7.52. The molecular formula is C23H23N7O. The van der Waals surface area contributed by atoms with Crippen LogP contribution in [-0.4, -0.2) is 51.0 Å². The lowest BCUT2D eigenvalue weighted by atomic mass is 10.1. The molecule has 0 aliphatic carbocycles. The number of benzene rings is 2. The Balaban J connectivity index is 1.34. The Bertz CT molecular complexity index is 1170. The number of ether oxygens (including phenoxy) is 1. The lowest BCUT2D eigenvalue weighted by Gasteiger charge is -2.29. The van der Waals surface area contributed by atoms with Crippen molar-refractivity contribution in [1.82, 2.24) is 24.7 Å². The van der Waals surface area contributed by atoms with E-state index in [-0.39, 0.29) is 0 Å². The molecule has 156 valence electrons. The van der Waals surface area contributed by atoms with Crippen LogP contribution in [0.15, 0.2) is 67.1 Å². The highest BCUT2D eigenvalue weighted by atomic mass is 16.5. The van der Waals surface area contributed by atoms with Crippen LogP contribution in [0.2, 0.25) is 0 Å². The number of hydrogen-bond acceptors (Lipinski definition) is 7. The molecule has 0 atom stereocenters. The maximum absolute atomic E-state index is 5.46. The minimum atomic E-state index is 0.555. The van der Waals surface area contributed by atoms with Gasteiger partial charge in [0.1, 0.15) is 12.2 Å². The first kappa shape index (κ1) is 19.2. The van der Waals surface area contributed by atoms with Crippen LogP contribution in [0.5, 0.6) is 0 Å². The fourth-order valence-electron chi connectivity index (χ4n) is 3.63. The molecule has 0 amide bonds. The van der Waals surface area contributed by atoms with E-state index >= 15 is 0 Å². The minimum Gasteiger partial charge on any atom is -0.378 e. The van der Waals surface area contributed by atoms with E-state index in [0.29, 0.717) is 5.95 Å². The van der Waals surface area contributed by atoms with Gasteiger partial charge in [-0.15, -0.1) is 0 Å². The summed E-state index contributed by atoms with van der Waals surface area (Å²) in [7, 11) is 0. The predicted molar refractivity (Wildman–Crippen MR) is 120 cm³/mol. The Hall–Kier alpha value is -3.78. The van der Waals surface area contributed by atoms with Crippen molar-refractivity contribution in [2.45, 2.75) is 6.92 Å². The maximum atomic E-state index is 5.46. The molecule has 4 aromatic rings. The van der Waals surface area contributed by atoms with Crippen LogP contribution in [-0.2, 0) is 4.74 Å². The van der Waals surface area contributed by atoms with Gasteiger partial charge in [-0.25, -0.2) is 19.6 Å².